The molecule has 0 saturated heterocycles. The number of hydrogen-bond acceptors (Lipinski definition) is 3. The van der Waals surface area contributed by atoms with Crippen LogP contribution in [-0.4, -0.2) is 25.2 Å². The van der Waals surface area contributed by atoms with Crippen molar-refractivity contribution in [2.24, 2.45) is 0 Å². The second kappa shape index (κ2) is 10.1. The summed E-state index contributed by atoms with van der Waals surface area (Å²) < 4.78 is 45.5. The predicted molar refractivity (Wildman–Crippen MR) is 139 cm³/mol. The summed E-state index contributed by atoms with van der Waals surface area (Å²) in [5.74, 6) is 0.539. The van der Waals surface area contributed by atoms with Gasteiger partial charge in [-0.3, -0.25) is 4.90 Å². The Morgan fingerprint density at radius 2 is 1.73 bits per heavy atom. The summed E-state index contributed by atoms with van der Waals surface area (Å²) in [7, 11) is 0. The van der Waals surface area contributed by atoms with Gasteiger partial charge in [-0.05, 0) is 53.6 Å². The molecule has 37 heavy (non-hydrogen) atoms. The normalized spacial score (nSPS) is 16.1. The Balaban J connectivity index is 1.31. The maximum absolute atomic E-state index is 13.2. The Labute approximate surface area is 212 Å². The van der Waals surface area contributed by atoms with Crippen LogP contribution < -0.4 is 20.3 Å². The number of anilines is 2. The monoisotopic (exact) mass is 505 g/mol. The number of alkyl halides is 3. The highest BCUT2D eigenvalue weighted by molar-refractivity contribution is 6.03. The third-order valence-corrected chi connectivity index (χ3v) is 6.46. The van der Waals surface area contributed by atoms with Crippen molar-refractivity contribution in [3.05, 3.63) is 102 Å². The molecule has 1 heterocycles. The van der Waals surface area contributed by atoms with Gasteiger partial charge in [0.2, 0.25) is 0 Å². The largest absolute Gasteiger partial charge is 0.485 e. The van der Waals surface area contributed by atoms with Crippen LogP contribution in [0.4, 0.5) is 29.3 Å². The second-order valence-corrected chi connectivity index (χ2v) is 9.03. The van der Waals surface area contributed by atoms with Crippen LogP contribution in [-0.2, 0) is 6.18 Å². The van der Waals surface area contributed by atoms with Crippen molar-refractivity contribution in [2.75, 3.05) is 23.3 Å². The van der Waals surface area contributed by atoms with Gasteiger partial charge in [0.15, 0.2) is 0 Å². The standard InChI is InChI=1S/C29H26F3N3O2/c1-19(24-13-6-9-20-8-2-3-12-25(20)24)33-17-23-18-35(26-14-4-5-15-27(26)37-23)28(36)34-22-11-7-10-21(16-22)29(30,31)32/h2-16,19,23,33H,17-18H2,1H3,(H,34,36). The van der Waals surface area contributed by atoms with E-state index in [-0.39, 0.29) is 24.4 Å². The number of rotatable bonds is 5. The van der Waals surface area contributed by atoms with Gasteiger partial charge < -0.3 is 15.4 Å². The minimum absolute atomic E-state index is 0.0271. The van der Waals surface area contributed by atoms with E-state index >= 15 is 0 Å². The molecule has 0 saturated carbocycles. The first-order chi connectivity index (χ1) is 17.8. The van der Waals surface area contributed by atoms with Crippen LogP contribution in [0, 0.1) is 0 Å². The Kier molecular flexibility index (Phi) is 6.76. The predicted octanol–water partition coefficient (Wildman–Crippen LogP) is 7.01. The molecule has 0 spiro atoms. The number of carbonyl (C=O) groups is 1. The van der Waals surface area contributed by atoms with Crippen LogP contribution in [0.5, 0.6) is 5.75 Å². The number of halogens is 3. The number of fused-ring (bicyclic) bond motifs is 2. The van der Waals surface area contributed by atoms with E-state index in [2.05, 4.69) is 41.8 Å². The summed E-state index contributed by atoms with van der Waals surface area (Å²) >= 11 is 0. The number of carbonyl (C=O) groups excluding carboxylic acids is 1. The van der Waals surface area contributed by atoms with Gasteiger partial charge in [-0.15, -0.1) is 0 Å². The summed E-state index contributed by atoms with van der Waals surface area (Å²) in [6, 6.07) is 25.6. The van der Waals surface area contributed by atoms with Crippen molar-refractivity contribution in [3.63, 3.8) is 0 Å². The molecule has 0 aromatic heterocycles. The zero-order valence-electron chi connectivity index (χ0n) is 20.1. The molecule has 0 radical (unpaired) electrons. The zero-order chi connectivity index (χ0) is 26.0. The molecule has 1 aliphatic heterocycles. The van der Waals surface area contributed by atoms with Gasteiger partial charge in [0.1, 0.15) is 11.9 Å². The van der Waals surface area contributed by atoms with Gasteiger partial charge >= 0.3 is 12.2 Å². The van der Waals surface area contributed by atoms with Crippen LogP contribution >= 0.6 is 0 Å². The highest BCUT2D eigenvalue weighted by atomic mass is 19.4. The van der Waals surface area contributed by atoms with Crippen LogP contribution in [0.1, 0.15) is 24.1 Å². The van der Waals surface area contributed by atoms with E-state index in [1.54, 1.807) is 18.2 Å². The van der Waals surface area contributed by atoms with E-state index in [0.717, 1.165) is 23.1 Å². The quantitative estimate of drug-likeness (QED) is 0.307. The van der Waals surface area contributed by atoms with Crippen molar-refractivity contribution < 1.29 is 22.7 Å². The molecule has 5 nitrogen and oxygen atoms in total. The van der Waals surface area contributed by atoms with Gasteiger partial charge in [-0.25, -0.2) is 4.79 Å². The van der Waals surface area contributed by atoms with Crippen molar-refractivity contribution in [1.82, 2.24) is 5.32 Å². The minimum atomic E-state index is -4.50. The number of para-hydroxylation sites is 2. The molecule has 2 amide bonds. The topological polar surface area (TPSA) is 53.6 Å². The first kappa shape index (κ1) is 24.6. The van der Waals surface area contributed by atoms with Gasteiger partial charge in [0.25, 0.3) is 0 Å². The molecule has 0 aliphatic carbocycles. The summed E-state index contributed by atoms with van der Waals surface area (Å²) in [5.41, 5.74) is 0.971. The highest BCUT2D eigenvalue weighted by Gasteiger charge is 2.32. The molecule has 4 aromatic rings. The average molecular weight is 506 g/mol. The van der Waals surface area contributed by atoms with E-state index in [4.69, 9.17) is 4.74 Å². The Hall–Kier alpha value is -4.04. The zero-order valence-corrected chi connectivity index (χ0v) is 20.1. The van der Waals surface area contributed by atoms with Crippen molar-refractivity contribution in [3.8, 4) is 5.75 Å². The summed E-state index contributed by atoms with van der Waals surface area (Å²) in [6.45, 7) is 2.78. The maximum atomic E-state index is 13.2. The van der Waals surface area contributed by atoms with E-state index < -0.39 is 17.8 Å². The SMILES string of the molecule is CC(NCC1CN(C(=O)Nc2cccc(C(F)(F)F)c2)c2ccccc2O1)c1cccc2ccccc12. The van der Waals surface area contributed by atoms with E-state index in [1.807, 2.05) is 24.3 Å². The third-order valence-electron chi connectivity index (χ3n) is 6.46. The fraction of sp³-hybridized carbons (Fsp3) is 0.207. The van der Waals surface area contributed by atoms with E-state index in [0.29, 0.717) is 18.0 Å². The lowest BCUT2D eigenvalue weighted by Gasteiger charge is -2.35. The molecule has 190 valence electrons. The van der Waals surface area contributed by atoms with E-state index in [9.17, 15) is 18.0 Å². The first-order valence-electron chi connectivity index (χ1n) is 12.0. The van der Waals surface area contributed by atoms with Crippen LogP contribution in [0.15, 0.2) is 91.0 Å². The van der Waals surface area contributed by atoms with Gasteiger partial charge in [0.05, 0.1) is 17.8 Å². The number of nitrogens with zero attached hydrogens (tertiary/aromatic N) is 1. The fourth-order valence-electron chi connectivity index (χ4n) is 4.61. The first-order valence-corrected chi connectivity index (χ1v) is 12.0. The number of nitrogens with one attached hydrogen (secondary N) is 2. The summed E-state index contributed by atoms with van der Waals surface area (Å²) in [6.07, 6.45) is -4.86. The lowest BCUT2D eigenvalue weighted by molar-refractivity contribution is -0.137. The van der Waals surface area contributed by atoms with Crippen molar-refractivity contribution in [2.45, 2.75) is 25.2 Å². The number of urea groups is 1. The smallest absolute Gasteiger partial charge is 0.416 e. The Morgan fingerprint density at radius 1 is 1.00 bits per heavy atom. The molecule has 2 unspecified atom stereocenters. The minimum Gasteiger partial charge on any atom is -0.485 e. The number of benzene rings is 4. The molecular formula is C29H26F3N3O2. The Bertz CT molecular complexity index is 1420. The molecule has 1 aliphatic rings. The van der Waals surface area contributed by atoms with Gasteiger partial charge in [0, 0.05) is 18.3 Å². The van der Waals surface area contributed by atoms with Gasteiger partial charge in [-0.2, -0.15) is 13.2 Å². The molecular weight excluding hydrogens is 479 g/mol. The van der Waals surface area contributed by atoms with E-state index in [1.165, 1.54) is 22.4 Å². The van der Waals surface area contributed by atoms with Crippen molar-refractivity contribution in [1.29, 1.82) is 0 Å². The lowest BCUT2D eigenvalue weighted by atomic mass is 9.99. The van der Waals surface area contributed by atoms with Crippen LogP contribution in [0.2, 0.25) is 0 Å². The molecule has 4 aromatic carbocycles. The average Bonchev–Trinajstić information content (AvgIpc) is 2.90. The summed E-state index contributed by atoms with van der Waals surface area (Å²) in [5, 5.41) is 8.45. The van der Waals surface area contributed by atoms with Crippen LogP contribution in [0.3, 0.4) is 0 Å². The number of ether oxygens (including phenoxy) is 1. The van der Waals surface area contributed by atoms with Crippen molar-refractivity contribution >= 4 is 28.2 Å². The molecule has 2 atom stereocenters. The lowest BCUT2D eigenvalue weighted by Crippen LogP contribution is -2.49. The highest BCUT2D eigenvalue weighted by Crippen LogP contribution is 2.35. The Morgan fingerprint density at radius 3 is 2.57 bits per heavy atom. The maximum Gasteiger partial charge on any atom is 0.416 e. The molecule has 0 bridgehead atoms. The molecule has 5 rings (SSSR count). The molecule has 0 fully saturated rings. The molecule has 2 N–H and O–H groups in total. The van der Waals surface area contributed by atoms with Crippen LogP contribution in [0.25, 0.3) is 10.8 Å². The number of amides is 2. The van der Waals surface area contributed by atoms with Gasteiger partial charge in [-0.1, -0.05) is 60.7 Å². The second-order valence-electron chi connectivity index (χ2n) is 9.03. The number of hydrogen-bond donors (Lipinski definition) is 2. The fourth-order valence-corrected chi connectivity index (χ4v) is 4.61. The summed E-state index contributed by atoms with van der Waals surface area (Å²) in [4.78, 5) is 14.7. The molecule has 8 heteroatoms. The third kappa shape index (κ3) is 5.39.